The number of benzene rings is 3. The van der Waals surface area contributed by atoms with E-state index in [1.54, 1.807) is 66.7 Å². The number of nitrogens with one attached hydrogen (secondary N) is 1. The average molecular weight is 436 g/mol. The van der Waals surface area contributed by atoms with E-state index in [-0.39, 0.29) is 16.6 Å². The van der Waals surface area contributed by atoms with Crippen molar-refractivity contribution in [1.29, 1.82) is 0 Å². The Kier molecular flexibility index (Phi) is 5.69. The SMILES string of the molecule is O=C(Nc1ccc(-c2csnn2)cc1)c1cccc(CS(=O)(=O)c2ccccc2)c1. The standard InChI is InChI=1S/C22H17N3O3S2/c26-22(23-19-11-9-17(10-12-19)21-14-29-25-24-21)18-6-4-5-16(13-18)15-30(27,28)20-7-2-1-3-8-20/h1-14H,15H2,(H,23,26). The van der Waals surface area contributed by atoms with Gasteiger partial charge in [-0.3, -0.25) is 4.79 Å². The summed E-state index contributed by atoms with van der Waals surface area (Å²) in [5, 5.41) is 8.70. The van der Waals surface area contributed by atoms with Gasteiger partial charge in [0.15, 0.2) is 9.84 Å². The van der Waals surface area contributed by atoms with Gasteiger partial charge in [0.25, 0.3) is 5.91 Å². The van der Waals surface area contributed by atoms with Gasteiger partial charge in [-0.05, 0) is 53.5 Å². The predicted molar refractivity (Wildman–Crippen MR) is 117 cm³/mol. The second kappa shape index (κ2) is 8.56. The number of amides is 1. The van der Waals surface area contributed by atoms with Crippen molar-refractivity contribution >= 4 is 33.0 Å². The maximum Gasteiger partial charge on any atom is 0.255 e. The molecule has 0 aliphatic heterocycles. The second-order valence-electron chi connectivity index (χ2n) is 6.59. The van der Waals surface area contributed by atoms with E-state index in [9.17, 15) is 13.2 Å². The van der Waals surface area contributed by atoms with Gasteiger partial charge in [0, 0.05) is 22.2 Å². The van der Waals surface area contributed by atoms with Crippen LogP contribution in [0.2, 0.25) is 0 Å². The smallest absolute Gasteiger partial charge is 0.255 e. The summed E-state index contributed by atoms with van der Waals surface area (Å²) in [6, 6.07) is 22.2. The van der Waals surface area contributed by atoms with Crippen molar-refractivity contribution < 1.29 is 13.2 Å². The number of sulfone groups is 1. The van der Waals surface area contributed by atoms with Gasteiger partial charge in [-0.15, -0.1) is 5.10 Å². The number of nitrogens with zero attached hydrogens (tertiary/aromatic N) is 2. The molecule has 0 radical (unpaired) electrons. The van der Waals surface area contributed by atoms with Gasteiger partial charge in [-0.1, -0.05) is 47.0 Å². The summed E-state index contributed by atoms with van der Waals surface area (Å²) in [5.74, 6) is -0.480. The summed E-state index contributed by atoms with van der Waals surface area (Å²) in [6.45, 7) is 0. The molecule has 0 aliphatic carbocycles. The largest absolute Gasteiger partial charge is 0.322 e. The van der Waals surface area contributed by atoms with E-state index in [1.165, 1.54) is 11.5 Å². The van der Waals surface area contributed by atoms with Gasteiger partial charge < -0.3 is 5.32 Å². The number of hydrogen-bond donors (Lipinski definition) is 1. The molecule has 1 aromatic heterocycles. The first kappa shape index (κ1) is 19.9. The van der Waals surface area contributed by atoms with Crippen LogP contribution in [0.25, 0.3) is 11.3 Å². The Labute approximate surface area is 178 Å². The molecule has 150 valence electrons. The highest BCUT2D eigenvalue weighted by molar-refractivity contribution is 7.90. The molecule has 30 heavy (non-hydrogen) atoms. The number of rotatable bonds is 6. The fraction of sp³-hybridized carbons (Fsp3) is 0.0455. The van der Waals surface area contributed by atoms with E-state index in [1.807, 2.05) is 17.5 Å². The van der Waals surface area contributed by atoms with E-state index >= 15 is 0 Å². The summed E-state index contributed by atoms with van der Waals surface area (Å²) in [4.78, 5) is 12.9. The lowest BCUT2D eigenvalue weighted by Crippen LogP contribution is -2.12. The topological polar surface area (TPSA) is 89.0 Å². The lowest BCUT2D eigenvalue weighted by Gasteiger charge is -2.08. The number of anilines is 1. The van der Waals surface area contributed by atoms with Crippen molar-refractivity contribution in [2.45, 2.75) is 10.6 Å². The molecular formula is C22H17N3O3S2. The third-order valence-corrected chi connectivity index (χ3v) is 6.66. The fourth-order valence-electron chi connectivity index (χ4n) is 2.95. The molecule has 4 rings (SSSR count). The van der Waals surface area contributed by atoms with E-state index in [0.29, 0.717) is 16.8 Å². The molecule has 0 saturated carbocycles. The summed E-state index contributed by atoms with van der Waals surface area (Å²) < 4.78 is 29.0. The van der Waals surface area contributed by atoms with Gasteiger partial charge in [0.1, 0.15) is 5.69 Å². The average Bonchev–Trinajstić information content (AvgIpc) is 3.30. The minimum Gasteiger partial charge on any atom is -0.322 e. The first-order chi connectivity index (χ1) is 14.5. The van der Waals surface area contributed by atoms with Gasteiger partial charge in [-0.25, -0.2) is 8.42 Å². The molecule has 0 bridgehead atoms. The Bertz CT molecular complexity index is 1250. The fourth-order valence-corrected chi connectivity index (χ4v) is 4.77. The molecule has 1 N–H and O–H groups in total. The van der Waals surface area contributed by atoms with Gasteiger partial charge in [0.05, 0.1) is 10.6 Å². The van der Waals surface area contributed by atoms with Crippen LogP contribution in [0.1, 0.15) is 15.9 Å². The van der Waals surface area contributed by atoms with Crippen LogP contribution in [0, 0.1) is 0 Å². The van der Waals surface area contributed by atoms with E-state index in [0.717, 1.165) is 11.3 Å². The van der Waals surface area contributed by atoms with Crippen LogP contribution in [-0.2, 0) is 15.6 Å². The van der Waals surface area contributed by atoms with Crippen LogP contribution in [0.4, 0.5) is 5.69 Å². The molecule has 0 saturated heterocycles. The van der Waals surface area contributed by atoms with Crippen molar-refractivity contribution in [2.24, 2.45) is 0 Å². The maximum absolute atomic E-state index is 12.6. The molecule has 6 nitrogen and oxygen atoms in total. The summed E-state index contributed by atoms with van der Waals surface area (Å²) in [5.41, 5.74) is 3.27. The lowest BCUT2D eigenvalue weighted by molar-refractivity contribution is 0.102. The molecule has 1 heterocycles. The maximum atomic E-state index is 12.6. The van der Waals surface area contributed by atoms with Crippen LogP contribution in [0.5, 0.6) is 0 Å². The van der Waals surface area contributed by atoms with E-state index in [4.69, 9.17) is 0 Å². The summed E-state index contributed by atoms with van der Waals surface area (Å²) >= 11 is 1.28. The molecule has 3 aromatic carbocycles. The highest BCUT2D eigenvalue weighted by Crippen LogP contribution is 2.21. The van der Waals surface area contributed by atoms with Gasteiger partial charge in [-0.2, -0.15) is 0 Å². The monoisotopic (exact) mass is 435 g/mol. The van der Waals surface area contributed by atoms with Crippen molar-refractivity contribution in [1.82, 2.24) is 9.59 Å². The molecule has 1 amide bonds. The Morgan fingerprint density at radius 2 is 1.70 bits per heavy atom. The van der Waals surface area contributed by atoms with Crippen LogP contribution in [0.3, 0.4) is 0 Å². The van der Waals surface area contributed by atoms with E-state index in [2.05, 4.69) is 14.9 Å². The Hall–Kier alpha value is -3.36. The number of hydrogen-bond acceptors (Lipinski definition) is 6. The number of carbonyl (C=O) groups is 1. The first-order valence-electron chi connectivity index (χ1n) is 9.07. The van der Waals surface area contributed by atoms with Crippen molar-refractivity contribution in [3.05, 3.63) is 95.4 Å². The third kappa shape index (κ3) is 4.61. The second-order valence-corrected chi connectivity index (χ2v) is 9.19. The van der Waals surface area contributed by atoms with Crippen LogP contribution < -0.4 is 5.32 Å². The quantitative estimate of drug-likeness (QED) is 0.484. The van der Waals surface area contributed by atoms with E-state index < -0.39 is 9.84 Å². The van der Waals surface area contributed by atoms with Gasteiger partial charge in [0.2, 0.25) is 0 Å². The lowest BCUT2D eigenvalue weighted by atomic mass is 10.1. The molecule has 0 atom stereocenters. The molecule has 0 unspecified atom stereocenters. The molecule has 0 spiro atoms. The minimum atomic E-state index is -3.48. The van der Waals surface area contributed by atoms with Crippen molar-refractivity contribution in [3.63, 3.8) is 0 Å². The zero-order valence-corrected chi connectivity index (χ0v) is 17.4. The zero-order valence-electron chi connectivity index (χ0n) is 15.7. The Morgan fingerprint density at radius 3 is 2.40 bits per heavy atom. The highest BCUT2D eigenvalue weighted by Gasteiger charge is 2.16. The van der Waals surface area contributed by atoms with Crippen molar-refractivity contribution in [3.8, 4) is 11.3 Å². The molecule has 0 fully saturated rings. The van der Waals surface area contributed by atoms with Crippen LogP contribution >= 0.6 is 11.5 Å². The number of aromatic nitrogens is 2. The van der Waals surface area contributed by atoms with Gasteiger partial charge >= 0.3 is 0 Å². The molecule has 0 aliphatic rings. The van der Waals surface area contributed by atoms with Crippen LogP contribution in [0.15, 0.2) is 89.1 Å². The molecular weight excluding hydrogens is 418 g/mol. The number of carbonyl (C=O) groups excluding carboxylic acids is 1. The van der Waals surface area contributed by atoms with Crippen LogP contribution in [-0.4, -0.2) is 23.9 Å². The highest BCUT2D eigenvalue weighted by atomic mass is 32.2. The molecule has 4 aromatic rings. The predicted octanol–water partition coefficient (Wildman–Crippen LogP) is 4.43. The Balaban J connectivity index is 1.47. The Morgan fingerprint density at radius 1 is 0.933 bits per heavy atom. The van der Waals surface area contributed by atoms with Crippen molar-refractivity contribution in [2.75, 3.05) is 5.32 Å². The first-order valence-corrected chi connectivity index (χ1v) is 11.6. The third-order valence-electron chi connectivity index (χ3n) is 4.45. The summed E-state index contributed by atoms with van der Waals surface area (Å²) in [7, 11) is -3.48. The minimum absolute atomic E-state index is 0.172. The molecule has 8 heteroatoms. The summed E-state index contributed by atoms with van der Waals surface area (Å²) in [6.07, 6.45) is 0. The zero-order chi connectivity index (χ0) is 21.0. The normalized spacial score (nSPS) is 11.2.